The summed E-state index contributed by atoms with van der Waals surface area (Å²) in [6.07, 6.45) is -1.83. The van der Waals surface area contributed by atoms with E-state index in [9.17, 15) is 13.6 Å². The fourth-order valence-corrected chi connectivity index (χ4v) is 1.85. The molecule has 2 aromatic heterocycles. The Bertz CT molecular complexity index is 746. The topological polar surface area (TPSA) is 99.4 Å². The Morgan fingerprint density at radius 3 is 2.77 bits per heavy atom. The molecule has 26 heavy (non-hydrogen) atoms. The minimum absolute atomic E-state index is 0.0223. The van der Waals surface area contributed by atoms with Crippen molar-refractivity contribution in [2.75, 3.05) is 6.61 Å². The summed E-state index contributed by atoms with van der Waals surface area (Å²) in [7, 11) is 0. The summed E-state index contributed by atoms with van der Waals surface area (Å²) >= 11 is 0. The van der Waals surface area contributed by atoms with E-state index in [1.165, 1.54) is 12.3 Å². The zero-order valence-electron chi connectivity index (χ0n) is 14.8. The van der Waals surface area contributed by atoms with Crippen LogP contribution in [0.1, 0.15) is 39.6 Å². The molecule has 0 radical (unpaired) electrons. The van der Waals surface area contributed by atoms with Gasteiger partial charge in [0.25, 0.3) is 6.43 Å². The van der Waals surface area contributed by atoms with Gasteiger partial charge < -0.3 is 19.3 Å². The Kier molecular flexibility index (Phi) is 6.06. The molecule has 1 N–H and O–H groups in total. The van der Waals surface area contributed by atoms with Crippen molar-refractivity contribution in [1.82, 2.24) is 20.4 Å². The van der Waals surface area contributed by atoms with Gasteiger partial charge in [-0.3, -0.25) is 0 Å². The van der Waals surface area contributed by atoms with Crippen LogP contribution in [-0.4, -0.2) is 39.9 Å². The number of hydrogen-bond donors (Lipinski definition) is 1. The molecule has 0 saturated carbocycles. The number of ether oxygens (including phenoxy) is 2. The molecule has 0 spiro atoms. The molecule has 0 fully saturated rings. The average molecular weight is 370 g/mol. The highest BCUT2D eigenvalue weighted by Crippen LogP contribution is 2.22. The summed E-state index contributed by atoms with van der Waals surface area (Å²) < 4.78 is 39.6. The van der Waals surface area contributed by atoms with Crippen LogP contribution in [0.3, 0.4) is 0 Å². The third kappa shape index (κ3) is 5.94. The first-order valence-corrected chi connectivity index (χ1v) is 7.84. The molecule has 0 aliphatic heterocycles. The fraction of sp³-hybridized carbons (Fsp3) is 0.500. The summed E-state index contributed by atoms with van der Waals surface area (Å²) in [6, 6.07) is 2.42. The Balaban J connectivity index is 2.05. The summed E-state index contributed by atoms with van der Waals surface area (Å²) in [4.78, 5) is 19.8. The van der Waals surface area contributed by atoms with Gasteiger partial charge in [0.05, 0.1) is 0 Å². The van der Waals surface area contributed by atoms with Crippen LogP contribution in [-0.2, 0) is 4.74 Å². The van der Waals surface area contributed by atoms with E-state index in [2.05, 4.69) is 20.4 Å². The number of carbonyl (C=O) groups is 1. The average Bonchev–Trinajstić information content (AvgIpc) is 3.01. The van der Waals surface area contributed by atoms with Crippen molar-refractivity contribution in [2.24, 2.45) is 0 Å². The second-order valence-corrected chi connectivity index (χ2v) is 6.41. The predicted octanol–water partition coefficient (Wildman–Crippen LogP) is 3.36. The number of amides is 1. The van der Waals surface area contributed by atoms with Gasteiger partial charge in [-0.25, -0.2) is 18.6 Å². The van der Waals surface area contributed by atoms with Crippen molar-refractivity contribution in [2.45, 2.75) is 45.8 Å². The van der Waals surface area contributed by atoms with Crippen molar-refractivity contribution in [3.63, 3.8) is 0 Å². The Hall–Kier alpha value is -2.78. The van der Waals surface area contributed by atoms with Crippen molar-refractivity contribution in [1.29, 1.82) is 0 Å². The van der Waals surface area contributed by atoms with Crippen molar-refractivity contribution in [3.8, 4) is 17.3 Å². The van der Waals surface area contributed by atoms with E-state index in [4.69, 9.17) is 14.0 Å². The summed E-state index contributed by atoms with van der Waals surface area (Å²) in [5.74, 6) is 0.397. The number of nitrogens with zero attached hydrogens (tertiary/aromatic N) is 3. The van der Waals surface area contributed by atoms with E-state index in [-0.39, 0.29) is 17.6 Å². The van der Waals surface area contributed by atoms with E-state index < -0.39 is 30.8 Å². The van der Waals surface area contributed by atoms with Gasteiger partial charge in [-0.1, -0.05) is 5.16 Å². The molecule has 0 saturated heterocycles. The monoisotopic (exact) mass is 370 g/mol. The van der Waals surface area contributed by atoms with Gasteiger partial charge >= 0.3 is 6.09 Å². The van der Waals surface area contributed by atoms with Gasteiger partial charge in [0.1, 0.15) is 11.6 Å². The molecular weight excluding hydrogens is 350 g/mol. The zero-order valence-corrected chi connectivity index (χ0v) is 14.8. The first kappa shape index (κ1) is 19.5. The van der Waals surface area contributed by atoms with Crippen LogP contribution in [0.2, 0.25) is 0 Å². The first-order chi connectivity index (χ1) is 12.1. The smallest absolute Gasteiger partial charge is 0.408 e. The summed E-state index contributed by atoms with van der Waals surface area (Å²) in [5.41, 5.74) is -0.154. The van der Waals surface area contributed by atoms with E-state index in [0.29, 0.717) is 5.56 Å². The van der Waals surface area contributed by atoms with Gasteiger partial charge in [0.15, 0.2) is 6.61 Å². The minimum Gasteiger partial charge on any atom is -0.472 e. The summed E-state index contributed by atoms with van der Waals surface area (Å²) in [5, 5.41) is 6.40. The minimum atomic E-state index is -2.60. The molecule has 0 bridgehead atoms. The second-order valence-electron chi connectivity index (χ2n) is 6.41. The maximum absolute atomic E-state index is 12.2. The fourth-order valence-electron chi connectivity index (χ4n) is 1.85. The van der Waals surface area contributed by atoms with Crippen LogP contribution in [0.15, 0.2) is 22.9 Å². The van der Waals surface area contributed by atoms with E-state index >= 15 is 0 Å². The normalized spacial score (nSPS) is 12.7. The van der Waals surface area contributed by atoms with Crippen molar-refractivity contribution >= 4 is 6.09 Å². The molecule has 142 valence electrons. The molecule has 1 amide bonds. The van der Waals surface area contributed by atoms with Crippen LogP contribution in [0.25, 0.3) is 11.4 Å². The molecule has 0 aliphatic carbocycles. The van der Waals surface area contributed by atoms with Crippen LogP contribution < -0.4 is 10.1 Å². The van der Waals surface area contributed by atoms with Gasteiger partial charge in [0.2, 0.25) is 17.6 Å². The molecule has 0 aliphatic rings. The molecule has 2 rings (SSSR count). The molecular formula is C16H20F2N4O4. The largest absolute Gasteiger partial charge is 0.472 e. The van der Waals surface area contributed by atoms with E-state index in [1.807, 2.05) is 0 Å². The lowest BCUT2D eigenvalue weighted by Crippen LogP contribution is -2.34. The van der Waals surface area contributed by atoms with Crippen LogP contribution >= 0.6 is 0 Å². The highest BCUT2D eigenvalue weighted by molar-refractivity contribution is 5.68. The Morgan fingerprint density at radius 2 is 2.12 bits per heavy atom. The van der Waals surface area contributed by atoms with E-state index in [0.717, 1.165) is 0 Å². The number of alkyl carbamates (subject to hydrolysis) is 1. The Labute approximate surface area is 148 Å². The Morgan fingerprint density at radius 1 is 1.38 bits per heavy atom. The third-order valence-corrected chi connectivity index (χ3v) is 2.90. The van der Waals surface area contributed by atoms with Gasteiger partial charge in [-0.2, -0.15) is 4.98 Å². The zero-order chi connectivity index (χ0) is 19.3. The molecule has 10 heteroatoms. The lowest BCUT2D eigenvalue weighted by molar-refractivity contribution is 0.0499. The number of rotatable bonds is 6. The van der Waals surface area contributed by atoms with Crippen LogP contribution in [0.5, 0.6) is 5.88 Å². The molecule has 0 unspecified atom stereocenters. The van der Waals surface area contributed by atoms with Crippen LogP contribution in [0, 0.1) is 0 Å². The van der Waals surface area contributed by atoms with Gasteiger partial charge in [-0.15, -0.1) is 0 Å². The maximum Gasteiger partial charge on any atom is 0.408 e. The first-order valence-electron chi connectivity index (χ1n) is 7.84. The maximum atomic E-state index is 12.2. The number of hydrogen-bond acceptors (Lipinski definition) is 7. The number of halogens is 2. The molecule has 2 aromatic rings. The predicted molar refractivity (Wildman–Crippen MR) is 86.8 cm³/mol. The molecule has 0 aromatic carbocycles. The third-order valence-electron chi connectivity index (χ3n) is 2.90. The van der Waals surface area contributed by atoms with Gasteiger partial charge in [0, 0.05) is 17.8 Å². The van der Waals surface area contributed by atoms with Gasteiger partial charge in [-0.05, 0) is 33.8 Å². The molecule has 8 nitrogen and oxygen atoms in total. The lowest BCUT2D eigenvalue weighted by Gasteiger charge is -2.20. The van der Waals surface area contributed by atoms with Crippen molar-refractivity contribution in [3.05, 3.63) is 24.2 Å². The lowest BCUT2D eigenvalue weighted by atomic mass is 10.2. The summed E-state index contributed by atoms with van der Waals surface area (Å²) in [6.45, 7) is 6.15. The number of carbonyl (C=O) groups excluding carboxylic acids is 1. The number of alkyl halides is 2. The highest BCUT2D eigenvalue weighted by Gasteiger charge is 2.22. The standard InChI is InChI=1S/C16H20F2N4O4/c1-9(20-15(23)25-16(2,3)4)14-21-13(22-26-14)10-5-6-19-12(7-10)24-8-11(17)18/h5-7,9,11H,8H2,1-4H3,(H,20,23)/t9-/m0/s1. The van der Waals surface area contributed by atoms with Crippen LogP contribution in [0.4, 0.5) is 13.6 Å². The number of nitrogens with one attached hydrogen (secondary N) is 1. The quantitative estimate of drug-likeness (QED) is 0.832. The number of aromatic nitrogens is 3. The molecule has 2 heterocycles. The SMILES string of the molecule is C[C@H](NC(=O)OC(C)(C)C)c1nc(-c2ccnc(OCC(F)F)c2)no1. The number of pyridine rings is 1. The van der Waals surface area contributed by atoms with E-state index in [1.54, 1.807) is 33.8 Å². The second kappa shape index (κ2) is 8.07. The van der Waals surface area contributed by atoms with Crippen molar-refractivity contribution < 1.29 is 27.6 Å². The molecule has 1 atom stereocenters. The highest BCUT2D eigenvalue weighted by atomic mass is 19.3.